The Balaban J connectivity index is 1.82. The van der Waals surface area contributed by atoms with Crippen LogP contribution in [0.1, 0.15) is 36.7 Å². The Morgan fingerprint density at radius 3 is 2.50 bits per heavy atom. The molecule has 1 amide bonds. The van der Waals surface area contributed by atoms with E-state index in [9.17, 15) is 9.59 Å². The summed E-state index contributed by atoms with van der Waals surface area (Å²) in [6, 6.07) is 13.0. The molecule has 0 atom stereocenters. The minimum absolute atomic E-state index is 0.0164. The molecule has 1 aromatic heterocycles. The zero-order chi connectivity index (χ0) is 24.7. The standard InChI is InChI=1S/C26H26BrNO5S/c1-5-32-26(30)24-20(18-8-10-19(27)11-9-18)15-34-25(24)28-23(29)13-7-17-6-12-21(33-16(2)3)22(14-17)31-4/h6-16H,5H2,1-4H3,(H,28,29). The average Bonchev–Trinajstić information content (AvgIpc) is 3.22. The highest BCUT2D eigenvalue weighted by Crippen LogP contribution is 2.37. The third-order valence-electron chi connectivity index (χ3n) is 4.64. The minimum atomic E-state index is -0.480. The van der Waals surface area contributed by atoms with E-state index < -0.39 is 5.97 Å². The van der Waals surface area contributed by atoms with Crippen LogP contribution >= 0.6 is 27.3 Å². The maximum Gasteiger partial charge on any atom is 0.341 e. The number of hydrogen-bond donors (Lipinski definition) is 1. The zero-order valence-electron chi connectivity index (χ0n) is 19.4. The molecule has 0 aliphatic heterocycles. The molecule has 0 radical (unpaired) electrons. The lowest BCUT2D eigenvalue weighted by Gasteiger charge is -2.13. The summed E-state index contributed by atoms with van der Waals surface area (Å²) >= 11 is 4.70. The third kappa shape index (κ3) is 6.48. The second kappa shape index (κ2) is 11.9. The van der Waals surface area contributed by atoms with E-state index in [4.69, 9.17) is 14.2 Å². The van der Waals surface area contributed by atoms with Gasteiger partial charge in [-0.05, 0) is 62.2 Å². The number of halogens is 1. The quantitative estimate of drug-likeness (QED) is 0.237. The molecule has 8 heteroatoms. The van der Waals surface area contributed by atoms with Gasteiger partial charge in [0, 0.05) is 21.5 Å². The number of rotatable bonds is 9. The van der Waals surface area contributed by atoms with E-state index in [1.54, 1.807) is 32.2 Å². The Labute approximate surface area is 211 Å². The molecule has 34 heavy (non-hydrogen) atoms. The molecule has 3 aromatic rings. The summed E-state index contributed by atoms with van der Waals surface area (Å²) in [7, 11) is 1.57. The molecule has 0 aliphatic carbocycles. The number of hydrogen-bond acceptors (Lipinski definition) is 6. The van der Waals surface area contributed by atoms with Crippen LogP contribution in [0.4, 0.5) is 5.00 Å². The van der Waals surface area contributed by atoms with Crippen LogP contribution in [0.25, 0.3) is 17.2 Å². The van der Waals surface area contributed by atoms with Crippen molar-refractivity contribution in [1.82, 2.24) is 0 Å². The van der Waals surface area contributed by atoms with Crippen LogP contribution in [-0.2, 0) is 9.53 Å². The fourth-order valence-electron chi connectivity index (χ4n) is 3.16. The van der Waals surface area contributed by atoms with Crippen LogP contribution in [0.3, 0.4) is 0 Å². The first-order valence-electron chi connectivity index (χ1n) is 10.7. The maximum absolute atomic E-state index is 12.7. The first kappa shape index (κ1) is 25.5. The van der Waals surface area contributed by atoms with Crippen molar-refractivity contribution in [3.63, 3.8) is 0 Å². The van der Waals surface area contributed by atoms with Gasteiger partial charge in [-0.25, -0.2) is 4.79 Å². The predicted octanol–water partition coefficient (Wildman–Crippen LogP) is 6.80. The van der Waals surface area contributed by atoms with E-state index in [-0.39, 0.29) is 18.6 Å². The normalized spacial score (nSPS) is 11.0. The lowest BCUT2D eigenvalue weighted by atomic mass is 10.0. The molecule has 2 aromatic carbocycles. The van der Waals surface area contributed by atoms with Crippen LogP contribution in [0.15, 0.2) is 58.4 Å². The van der Waals surface area contributed by atoms with Crippen LogP contribution in [0.2, 0.25) is 0 Å². The molecule has 0 unspecified atom stereocenters. The number of methoxy groups -OCH3 is 1. The molecule has 0 spiro atoms. The Bertz CT molecular complexity index is 1180. The van der Waals surface area contributed by atoms with E-state index in [2.05, 4.69) is 21.2 Å². The Morgan fingerprint density at radius 1 is 1.12 bits per heavy atom. The fraction of sp³-hybridized carbons (Fsp3) is 0.231. The summed E-state index contributed by atoms with van der Waals surface area (Å²) < 4.78 is 17.3. The minimum Gasteiger partial charge on any atom is -0.493 e. The van der Waals surface area contributed by atoms with Crippen molar-refractivity contribution in [3.05, 3.63) is 69.5 Å². The number of benzene rings is 2. The molecule has 1 N–H and O–H groups in total. The van der Waals surface area contributed by atoms with Gasteiger partial charge < -0.3 is 19.5 Å². The number of amides is 1. The van der Waals surface area contributed by atoms with Crippen molar-refractivity contribution < 1.29 is 23.8 Å². The number of anilines is 1. The SMILES string of the molecule is CCOC(=O)c1c(-c2ccc(Br)cc2)csc1NC(=O)C=Cc1ccc(OC(C)C)c(OC)c1. The molecule has 3 rings (SSSR count). The summed E-state index contributed by atoms with van der Waals surface area (Å²) in [6.45, 7) is 5.86. The predicted molar refractivity (Wildman–Crippen MR) is 140 cm³/mol. The van der Waals surface area contributed by atoms with E-state index >= 15 is 0 Å². The summed E-state index contributed by atoms with van der Waals surface area (Å²) in [5, 5.41) is 5.09. The van der Waals surface area contributed by atoms with Gasteiger partial charge in [-0.2, -0.15) is 0 Å². The van der Waals surface area contributed by atoms with Crippen molar-refractivity contribution in [3.8, 4) is 22.6 Å². The van der Waals surface area contributed by atoms with E-state index in [1.165, 1.54) is 17.4 Å². The Hall–Kier alpha value is -3.10. The van der Waals surface area contributed by atoms with Crippen molar-refractivity contribution >= 4 is 50.2 Å². The summed E-state index contributed by atoms with van der Waals surface area (Å²) in [4.78, 5) is 25.4. The van der Waals surface area contributed by atoms with Crippen molar-refractivity contribution in [1.29, 1.82) is 0 Å². The van der Waals surface area contributed by atoms with Gasteiger partial charge in [-0.1, -0.05) is 34.1 Å². The van der Waals surface area contributed by atoms with Crippen LogP contribution in [0.5, 0.6) is 11.5 Å². The third-order valence-corrected chi connectivity index (χ3v) is 6.06. The highest BCUT2D eigenvalue weighted by molar-refractivity contribution is 9.10. The Kier molecular flexibility index (Phi) is 8.90. The number of thiophene rings is 1. The van der Waals surface area contributed by atoms with Crippen LogP contribution in [0, 0.1) is 0 Å². The number of ether oxygens (including phenoxy) is 3. The largest absolute Gasteiger partial charge is 0.493 e. The second-order valence-corrected chi connectivity index (χ2v) is 9.28. The first-order valence-corrected chi connectivity index (χ1v) is 12.4. The summed E-state index contributed by atoms with van der Waals surface area (Å²) in [6.07, 6.45) is 3.10. The molecular formula is C26H26BrNO5S. The molecule has 0 saturated heterocycles. The van der Waals surface area contributed by atoms with Crippen molar-refractivity contribution in [2.75, 3.05) is 19.0 Å². The number of nitrogens with one attached hydrogen (secondary N) is 1. The van der Waals surface area contributed by atoms with E-state index in [0.29, 0.717) is 27.6 Å². The van der Waals surface area contributed by atoms with Crippen molar-refractivity contribution in [2.24, 2.45) is 0 Å². The number of carbonyl (C=O) groups is 2. The van der Waals surface area contributed by atoms with Crippen LogP contribution in [-0.4, -0.2) is 31.7 Å². The van der Waals surface area contributed by atoms with Gasteiger partial charge in [0.05, 0.1) is 19.8 Å². The fourth-order valence-corrected chi connectivity index (χ4v) is 4.39. The molecule has 6 nitrogen and oxygen atoms in total. The second-order valence-electron chi connectivity index (χ2n) is 7.48. The number of esters is 1. The maximum atomic E-state index is 12.7. The summed E-state index contributed by atoms with van der Waals surface area (Å²) in [5.41, 5.74) is 2.68. The van der Waals surface area contributed by atoms with E-state index in [1.807, 2.05) is 49.6 Å². The average molecular weight is 544 g/mol. The van der Waals surface area contributed by atoms with Crippen LogP contribution < -0.4 is 14.8 Å². The number of carbonyl (C=O) groups excluding carboxylic acids is 2. The van der Waals surface area contributed by atoms with Gasteiger partial charge in [-0.3, -0.25) is 4.79 Å². The van der Waals surface area contributed by atoms with E-state index in [0.717, 1.165) is 15.6 Å². The smallest absolute Gasteiger partial charge is 0.341 e. The lowest BCUT2D eigenvalue weighted by Crippen LogP contribution is -2.12. The molecule has 1 heterocycles. The molecule has 0 fully saturated rings. The zero-order valence-corrected chi connectivity index (χ0v) is 21.8. The summed E-state index contributed by atoms with van der Waals surface area (Å²) in [5.74, 6) is 0.373. The molecule has 178 valence electrons. The Morgan fingerprint density at radius 2 is 1.85 bits per heavy atom. The molecular weight excluding hydrogens is 518 g/mol. The molecule has 0 saturated carbocycles. The van der Waals surface area contributed by atoms with Gasteiger partial charge in [0.1, 0.15) is 10.6 Å². The van der Waals surface area contributed by atoms with Gasteiger partial charge >= 0.3 is 5.97 Å². The highest BCUT2D eigenvalue weighted by atomic mass is 79.9. The molecule has 0 bridgehead atoms. The highest BCUT2D eigenvalue weighted by Gasteiger charge is 2.22. The molecule has 0 aliphatic rings. The monoisotopic (exact) mass is 543 g/mol. The lowest BCUT2D eigenvalue weighted by molar-refractivity contribution is -0.111. The topological polar surface area (TPSA) is 73.9 Å². The van der Waals surface area contributed by atoms with Gasteiger partial charge in [0.15, 0.2) is 11.5 Å². The van der Waals surface area contributed by atoms with Gasteiger partial charge in [0.25, 0.3) is 0 Å². The van der Waals surface area contributed by atoms with Gasteiger partial charge in [-0.15, -0.1) is 11.3 Å². The first-order chi connectivity index (χ1) is 16.3. The van der Waals surface area contributed by atoms with Crippen molar-refractivity contribution in [2.45, 2.75) is 26.9 Å². The van der Waals surface area contributed by atoms with Gasteiger partial charge in [0.2, 0.25) is 5.91 Å².